The smallest absolute Gasteiger partial charge is 0.234 e. The summed E-state index contributed by atoms with van der Waals surface area (Å²) in [5.41, 5.74) is 7.10. The van der Waals surface area contributed by atoms with E-state index in [0.717, 1.165) is 60.4 Å². The highest BCUT2D eigenvalue weighted by Crippen LogP contribution is 2.33. The minimum atomic E-state index is 0.186. The highest BCUT2D eigenvalue weighted by atomic mass is 15.1. The molecule has 3 aromatic heterocycles. The third kappa shape index (κ3) is 5.49. The van der Waals surface area contributed by atoms with E-state index in [1.165, 1.54) is 5.56 Å². The fourth-order valence-electron chi connectivity index (χ4n) is 5.14. The van der Waals surface area contributed by atoms with E-state index in [4.69, 9.17) is 10.2 Å². The van der Waals surface area contributed by atoms with Gasteiger partial charge >= 0.3 is 0 Å². The van der Waals surface area contributed by atoms with E-state index in [0.29, 0.717) is 23.1 Å². The van der Waals surface area contributed by atoms with E-state index in [1.807, 2.05) is 42.5 Å². The maximum Gasteiger partial charge on any atom is 0.234 e. The zero-order valence-electron chi connectivity index (χ0n) is 21.8. The lowest BCUT2D eigenvalue weighted by Gasteiger charge is -2.32. The molecule has 0 unspecified atom stereocenters. The monoisotopic (exact) mass is 522 g/mol. The van der Waals surface area contributed by atoms with Gasteiger partial charge in [0.2, 0.25) is 5.82 Å². The summed E-state index contributed by atoms with van der Waals surface area (Å²) in [5.74, 6) is 0.893. The summed E-state index contributed by atoms with van der Waals surface area (Å²) in [5, 5.41) is 21.8. The predicted molar refractivity (Wildman–Crippen MR) is 154 cm³/mol. The number of hydrogen-bond acceptors (Lipinski definition) is 8. The highest BCUT2D eigenvalue weighted by Gasteiger charge is 2.20. The molecule has 194 valence electrons. The van der Waals surface area contributed by atoms with Crippen molar-refractivity contribution in [3.05, 3.63) is 102 Å². The van der Waals surface area contributed by atoms with Gasteiger partial charge in [-0.25, -0.2) is 19.9 Å². The third-order valence-corrected chi connectivity index (χ3v) is 7.20. The van der Waals surface area contributed by atoms with Gasteiger partial charge in [0.15, 0.2) is 0 Å². The summed E-state index contributed by atoms with van der Waals surface area (Å²) < 4.78 is 0. The largest absolute Gasteiger partial charge is 0.367 e. The van der Waals surface area contributed by atoms with Crippen molar-refractivity contribution < 1.29 is 0 Å². The minimum Gasteiger partial charge on any atom is -0.367 e. The molecule has 0 radical (unpaired) electrons. The van der Waals surface area contributed by atoms with Gasteiger partial charge in [-0.05, 0) is 48.2 Å². The quantitative estimate of drug-likeness (QED) is 0.308. The summed E-state index contributed by atoms with van der Waals surface area (Å²) in [6, 6.07) is 30.7. The van der Waals surface area contributed by atoms with Gasteiger partial charge in [-0.2, -0.15) is 10.5 Å². The lowest BCUT2D eigenvalue weighted by molar-refractivity contribution is 0.211. The predicted octanol–water partition coefficient (Wildman–Crippen LogP) is 5.57. The Morgan fingerprint density at radius 1 is 0.800 bits per heavy atom. The SMILES string of the molecule is N#Cc1ccc2nc(-c3ccc(CN4CCC(Nc5ccnc(C#N)n5)CC4)cc3)c(-c3ccccc3)cc2n1. The van der Waals surface area contributed by atoms with Crippen LogP contribution in [0.3, 0.4) is 0 Å². The Hall–Kier alpha value is -5.18. The number of nitriles is 2. The van der Waals surface area contributed by atoms with E-state index >= 15 is 0 Å². The van der Waals surface area contributed by atoms with Crippen molar-refractivity contribution in [1.82, 2.24) is 24.8 Å². The van der Waals surface area contributed by atoms with Crippen LogP contribution in [-0.4, -0.2) is 44.0 Å². The second-order valence-corrected chi connectivity index (χ2v) is 9.87. The maximum atomic E-state index is 9.30. The molecule has 0 bridgehead atoms. The molecule has 5 aromatic rings. The van der Waals surface area contributed by atoms with Crippen molar-refractivity contribution in [3.63, 3.8) is 0 Å². The Labute approximate surface area is 232 Å². The van der Waals surface area contributed by atoms with E-state index in [9.17, 15) is 5.26 Å². The second kappa shape index (κ2) is 11.3. The number of pyridine rings is 2. The average Bonchev–Trinajstić information content (AvgIpc) is 3.02. The first-order chi connectivity index (χ1) is 19.7. The van der Waals surface area contributed by atoms with Crippen LogP contribution in [-0.2, 0) is 6.54 Å². The first-order valence-electron chi connectivity index (χ1n) is 13.3. The topological polar surface area (TPSA) is 114 Å². The molecule has 1 aliphatic heterocycles. The van der Waals surface area contributed by atoms with Crippen molar-refractivity contribution in [3.8, 4) is 34.5 Å². The highest BCUT2D eigenvalue weighted by molar-refractivity contribution is 5.90. The molecule has 1 saturated heterocycles. The van der Waals surface area contributed by atoms with Gasteiger partial charge in [-0.1, -0.05) is 54.6 Å². The number of hydrogen-bond donors (Lipinski definition) is 1. The Kier molecular flexibility index (Phi) is 7.09. The molecule has 0 aliphatic carbocycles. The molecule has 0 atom stereocenters. The summed E-state index contributed by atoms with van der Waals surface area (Å²) in [4.78, 5) is 20.1. The molecule has 1 aliphatic rings. The number of nitrogens with zero attached hydrogens (tertiary/aromatic N) is 7. The zero-order valence-corrected chi connectivity index (χ0v) is 21.8. The van der Waals surface area contributed by atoms with E-state index in [2.05, 4.69) is 67.6 Å². The van der Waals surface area contributed by atoms with Crippen LogP contribution in [0.1, 0.15) is 29.9 Å². The molecule has 1 N–H and O–H groups in total. The molecule has 40 heavy (non-hydrogen) atoms. The van der Waals surface area contributed by atoms with Crippen molar-refractivity contribution in [2.45, 2.75) is 25.4 Å². The average molecular weight is 523 g/mol. The van der Waals surface area contributed by atoms with Crippen LogP contribution < -0.4 is 5.32 Å². The molecular formula is C32H26N8. The molecule has 0 saturated carbocycles. The molecule has 8 nitrogen and oxygen atoms in total. The lowest BCUT2D eigenvalue weighted by Crippen LogP contribution is -2.38. The van der Waals surface area contributed by atoms with Gasteiger partial charge in [0.05, 0.1) is 16.7 Å². The van der Waals surface area contributed by atoms with Gasteiger partial charge < -0.3 is 5.32 Å². The van der Waals surface area contributed by atoms with Crippen LogP contribution in [0.15, 0.2) is 85.1 Å². The summed E-state index contributed by atoms with van der Waals surface area (Å²) in [7, 11) is 0. The molecular weight excluding hydrogens is 496 g/mol. The zero-order chi connectivity index (χ0) is 27.3. The van der Waals surface area contributed by atoms with Crippen molar-refractivity contribution in [1.29, 1.82) is 10.5 Å². The first kappa shape index (κ1) is 25.1. The Morgan fingerprint density at radius 3 is 2.35 bits per heavy atom. The van der Waals surface area contributed by atoms with E-state index in [-0.39, 0.29) is 5.82 Å². The van der Waals surface area contributed by atoms with Gasteiger partial charge in [0, 0.05) is 43.0 Å². The van der Waals surface area contributed by atoms with Crippen LogP contribution in [0.4, 0.5) is 5.82 Å². The van der Waals surface area contributed by atoms with Gasteiger partial charge in [0.1, 0.15) is 23.7 Å². The van der Waals surface area contributed by atoms with Crippen molar-refractivity contribution in [2.24, 2.45) is 0 Å². The third-order valence-electron chi connectivity index (χ3n) is 7.20. The molecule has 0 amide bonds. The van der Waals surface area contributed by atoms with Crippen LogP contribution in [0.5, 0.6) is 0 Å². The summed E-state index contributed by atoms with van der Waals surface area (Å²) in [6.07, 6.45) is 3.63. The Morgan fingerprint density at radius 2 is 1.60 bits per heavy atom. The number of aromatic nitrogens is 4. The number of piperidine rings is 1. The van der Waals surface area contributed by atoms with Crippen LogP contribution >= 0.6 is 0 Å². The van der Waals surface area contributed by atoms with Gasteiger partial charge in [-0.15, -0.1) is 0 Å². The molecule has 1 fully saturated rings. The fraction of sp³-hybridized carbons (Fsp3) is 0.188. The molecule has 6 rings (SSSR count). The number of nitrogens with one attached hydrogen (secondary N) is 1. The van der Waals surface area contributed by atoms with Crippen molar-refractivity contribution in [2.75, 3.05) is 18.4 Å². The normalized spacial score (nSPS) is 13.9. The van der Waals surface area contributed by atoms with Crippen LogP contribution in [0.25, 0.3) is 33.4 Å². The standard InChI is InChI=1S/C32H26N8/c33-19-26-10-11-28-29(36-26)18-27(23-4-2-1-3-5-23)32(38-28)24-8-6-22(7-9-24)21-40-16-13-25(14-17-40)37-30-12-15-35-31(20-34)39-30/h1-12,15,18,25H,13-14,16-17,21H2,(H,35,37,39). The number of likely N-dealkylation sites (tertiary alicyclic amines) is 1. The molecule has 8 heteroatoms. The first-order valence-corrected chi connectivity index (χ1v) is 13.3. The minimum absolute atomic E-state index is 0.186. The Bertz CT molecular complexity index is 1730. The number of anilines is 1. The van der Waals surface area contributed by atoms with Gasteiger partial charge in [-0.3, -0.25) is 4.90 Å². The molecule has 0 spiro atoms. The molecule has 4 heterocycles. The van der Waals surface area contributed by atoms with E-state index < -0.39 is 0 Å². The summed E-state index contributed by atoms with van der Waals surface area (Å²) >= 11 is 0. The summed E-state index contributed by atoms with van der Waals surface area (Å²) in [6.45, 7) is 2.85. The number of fused-ring (bicyclic) bond motifs is 1. The number of rotatable bonds is 6. The van der Waals surface area contributed by atoms with Crippen LogP contribution in [0.2, 0.25) is 0 Å². The number of benzene rings is 2. The fourth-order valence-corrected chi connectivity index (χ4v) is 5.14. The second-order valence-electron chi connectivity index (χ2n) is 9.87. The van der Waals surface area contributed by atoms with Crippen LogP contribution in [0, 0.1) is 22.7 Å². The van der Waals surface area contributed by atoms with Crippen molar-refractivity contribution >= 4 is 16.9 Å². The Balaban J connectivity index is 1.17. The lowest BCUT2D eigenvalue weighted by atomic mass is 9.97. The van der Waals surface area contributed by atoms with E-state index in [1.54, 1.807) is 12.3 Å². The molecule has 2 aromatic carbocycles. The van der Waals surface area contributed by atoms with Gasteiger partial charge in [0.25, 0.3) is 0 Å². The maximum absolute atomic E-state index is 9.30.